The molecule has 0 saturated carbocycles. The minimum atomic E-state index is -3.33. The second-order valence-corrected chi connectivity index (χ2v) is 9.77. The molecule has 0 saturated heterocycles. The van der Waals surface area contributed by atoms with Gasteiger partial charge in [-0.2, -0.15) is 0 Å². The van der Waals surface area contributed by atoms with E-state index in [-0.39, 0.29) is 11.9 Å². The largest absolute Gasteiger partial charge is 0.497 e. The molecule has 2 atom stereocenters. The molecule has 0 aromatic heterocycles. The van der Waals surface area contributed by atoms with Gasteiger partial charge in [0.2, 0.25) is 10.0 Å². The maximum Gasteiger partial charge on any atom is 0.261 e. The van der Waals surface area contributed by atoms with E-state index in [4.69, 9.17) is 9.47 Å². The van der Waals surface area contributed by atoms with Crippen LogP contribution in [-0.4, -0.2) is 40.8 Å². The van der Waals surface area contributed by atoms with Crippen molar-refractivity contribution in [1.82, 2.24) is 5.32 Å². The lowest BCUT2D eigenvalue weighted by Gasteiger charge is -2.28. The highest BCUT2D eigenvalue weighted by Crippen LogP contribution is 2.32. The molecule has 1 aliphatic carbocycles. The number of carbonyl (C=O) groups excluding carboxylic acids is 1. The minimum Gasteiger partial charge on any atom is -0.497 e. The number of sulfonamides is 1. The quantitative estimate of drug-likeness (QED) is 0.671. The van der Waals surface area contributed by atoms with Gasteiger partial charge in [-0.1, -0.05) is 13.0 Å². The summed E-state index contributed by atoms with van der Waals surface area (Å²) in [7, 11) is -0.192. The fourth-order valence-electron chi connectivity index (χ4n) is 3.74. The van der Waals surface area contributed by atoms with Gasteiger partial charge in [-0.15, -0.1) is 0 Å². The molecule has 1 aliphatic rings. The predicted molar refractivity (Wildman–Crippen MR) is 121 cm³/mol. The molecule has 31 heavy (non-hydrogen) atoms. The second-order valence-electron chi connectivity index (χ2n) is 7.76. The Morgan fingerprint density at radius 1 is 1.19 bits per heavy atom. The number of fused-ring (bicyclic) bond motifs is 1. The van der Waals surface area contributed by atoms with Crippen molar-refractivity contribution >= 4 is 21.6 Å². The van der Waals surface area contributed by atoms with Crippen LogP contribution >= 0.6 is 0 Å². The zero-order valence-corrected chi connectivity index (χ0v) is 19.2. The van der Waals surface area contributed by atoms with Crippen LogP contribution in [0.3, 0.4) is 0 Å². The summed E-state index contributed by atoms with van der Waals surface area (Å²) in [4.78, 5) is 12.9. The third kappa shape index (κ3) is 5.50. The first-order chi connectivity index (χ1) is 14.7. The van der Waals surface area contributed by atoms with Crippen LogP contribution in [0.25, 0.3) is 0 Å². The molecule has 1 N–H and O–H groups in total. The van der Waals surface area contributed by atoms with Gasteiger partial charge in [0, 0.05) is 7.05 Å². The van der Waals surface area contributed by atoms with Crippen LogP contribution in [0.4, 0.5) is 5.69 Å². The molecular formula is C23H30N2O5S. The van der Waals surface area contributed by atoms with Gasteiger partial charge in [0.25, 0.3) is 5.91 Å². The zero-order chi connectivity index (χ0) is 22.6. The van der Waals surface area contributed by atoms with Gasteiger partial charge in [-0.05, 0) is 73.2 Å². The van der Waals surface area contributed by atoms with E-state index in [1.165, 1.54) is 16.9 Å². The number of aryl methyl sites for hydroxylation is 1. The summed E-state index contributed by atoms with van der Waals surface area (Å²) in [5.41, 5.74) is 2.86. The number of nitrogens with zero attached hydrogens (tertiary/aromatic N) is 1. The molecule has 2 aromatic rings. The molecule has 7 nitrogen and oxygen atoms in total. The molecule has 168 valence electrons. The van der Waals surface area contributed by atoms with Gasteiger partial charge in [0.05, 0.1) is 25.1 Å². The van der Waals surface area contributed by atoms with Crippen molar-refractivity contribution in [2.24, 2.45) is 0 Å². The lowest BCUT2D eigenvalue weighted by Crippen LogP contribution is -2.41. The molecule has 0 bridgehead atoms. The van der Waals surface area contributed by atoms with Crippen LogP contribution in [0.2, 0.25) is 0 Å². The highest BCUT2D eigenvalue weighted by Gasteiger charge is 2.26. The molecule has 0 unspecified atom stereocenters. The standard InChI is InChI=1S/C23H30N2O5S/c1-5-22(30-18-11-9-17(10-12-18)25(2)31(4,27)28)23(26)24-21-8-6-7-16-15-19(29-3)13-14-20(16)21/h9-15,21-22H,5-8H2,1-4H3,(H,24,26)/t21-,22-/m1/s1. The molecule has 3 rings (SSSR count). The summed E-state index contributed by atoms with van der Waals surface area (Å²) in [6, 6.07) is 12.6. The van der Waals surface area contributed by atoms with Crippen LogP contribution in [0.1, 0.15) is 43.4 Å². The number of hydrogen-bond acceptors (Lipinski definition) is 5. The summed E-state index contributed by atoms with van der Waals surface area (Å²) >= 11 is 0. The van der Waals surface area contributed by atoms with Crippen molar-refractivity contribution in [3.8, 4) is 11.5 Å². The SMILES string of the molecule is CC[C@@H](Oc1ccc(N(C)S(C)(=O)=O)cc1)C(=O)N[C@@H]1CCCc2cc(OC)ccc21. The van der Waals surface area contributed by atoms with Gasteiger partial charge in [-0.25, -0.2) is 8.42 Å². The average molecular weight is 447 g/mol. The maximum atomic E-state index is 12.9. The predicted octanol–water partition coefficient (Wildman–Crippen LogP) is 3.44. The summed E-state index contributed by atoms with van der Waals surface area (Å²) < 4.78 is 35.8. The van der Waals surface area contributed by atoms with E-state index in [2.05, 4.69) is 5.32 Å². The van der Waals surface area contributed by atoms with E-state index in [9.17, 15) is 13.2 Å². The molecule has 0 fully saturated rings. The van der Waals surface area contributed by atoms with Gasteiger partial charge >= 0.3 is 0 Å². The van der Waals surface area contributed by atoms with Gasteiger partial charge in [0.1, 0.15) is 11.5 Å². The number of carbonyl (C=O) groups is 1. The van der Waals surface area contributed by atoms with Crippen LogP contribution < -0.4 is 19.1 Å². The number of hydrogen-bond donors (Lipinski definition) is 1. The van der Waals surface area contributed by atoms with Crippen LogP contribution in [-0.2, 0) is 21.2 Å². The Labute approximate surface area is 184 Å². The van der Waals surface area contributed by atoms with E-state index in [0.29, 0.717) is 17.9 Å². The molecule has 2 aromatic carbocycles. The second kappa shape index (κ2) is 9.60. The molecule has 1 amide bonds. The van der Waals surface area contributed by atoms with Gasteiger partial charge in [-0.3, -0.25) is 9.10 Å². The molecule has 8 heteroatoms. The van der Waals surface area contributed by atoms with Crippen molar-refractivity contribution in [2.45, 2.75) is 44.8 Å². The monoisotopic (exact) mass is 446 g/mol. The molecule has 0 aliphatic heterocycles. The molecule has 0 radical (unpaired) electrons. The number of methoxy groups -OCH3 is 1. The Hall–Kier alpha value is -2.74. The van der Waals surface area contributed by atoms with Crippen molar-refractivity contribution in [1.29, 1.82) is 0 Å². The molecular weight excluding hydrogens is 416 g/mol. The van der Waals surface area contributed by atoms with Crippen molar-refractivity contribution in [3.05, 3.63) is 53.6 Å². The normalized spacial score (nSPS) is 16.7. The fourth-order valence-corrected chi connectivity index (χ4v) is 4.25. The van der Waals surface area contributed by atoms with Crippen LogP contribution in [0.5, 0.6) is 11.5 Å². The number of amides is 1. The van der Waals surface area contributed by atoms with E-state index >= 15 is 0 Å². The van der Waals surface area contributed by atoms with E-state index < -0.39 is 16.1 Å². The topological polar surface area (TPSA) is 84.9 Å². The Bertz CT molecular complexity index is 1020. The summed E-state index contributed by atoms with van der Waals surface area (Å²) in [6.45, 7) is 1.90. The Morgan fingerprint density at radius 3 is 2.48 bits per heavy atom. The highest BCUT2D eigenvalue weighted by atomic mass is 32.2. The Balaban J connectivity index is 1.68. The van der Waals surface area contributed by atoms with Gasteiger partial charge in [0.15, 0.2) is 6.10 Å². The first-order valence-corrected chi connectivity index (χ1v) is 12.3. The maximum absolute atomic E-state index is 12.9. The average Bonchev–Trinajstić information content (AvgIpc) is 2.76. The third-order valence-electron chi connectivity index (χ3n) is 5.62. The summed E-state index contributed by atoms with van der Waals surface area (Å²) in [6.07, 6.45) is 3.88. The fraction of sp³-hybridized carbons (Fsp3) is 0.435. The lowest BCUT2D eigenvalue weighted by molar-refractivity contribution is -0.129. The minimum absolute atomic E-state index is 0.0504. The smallest absolute Gasteiger partial charge is 0.261 e. The Morgan fingerprint density at radius 2 is 1.87 bits per heavy atom. The van der Waals surface area contributed by atoms with E-state index in [0.717, 1.165) is 36.8 Å². The first kappa shape index (κ1) is 22.9. The highest BCUT2D eigenvalue weighted by molar-refractivity contribution is 7.92. The van der Waals surface area contributed by atoms with Crippen molar-refractivity contribution in [2.75, 3.05) is 24.7 Å². The van der Waals surface area contributed by atoms with Gasteiger partial charge < -0.3 is 14.8 Å². The summed E-state index contributed by atoms with van der Waals surface area (Å²) in [5.74, 6) is 1.18. The number of ether oxygens (including phenoxy) is 2. The van der Waals surface area contributed by atoms with Crippen molar-refractivity contribution in [3.63, 3.8) is 0 Å². The molecule has 0 spiro atoms. The number of rotatable bonds is 8. The number of benzene rings is 2. The van der Waals surface area contributed by atoms with E-state index in [1.54, 1.807) is 31.4 Å². The third-order valence-corrected chi connectivity index (χ3v) is 6.83. The molecule has 0 heterocycles. The first-order valence-electron chi connectivity index (χ1n) is 10.4. The summed E-state index contributed by atoms with van der Waals surface area (Å²) in [5, 5.41) is 3.14. The van der Waals surface area contributed by atoms with Crippen LogP contribution in [0.15, 0.2) is 42.5 Å². The number of anilines is 1. The number of nitrogens with one attached hydrogen (secondary N) is 1. The Kier molecular flexibility index (Phi) is 7.10. The van der Waals surface area contributed by atoms with E-state index in [1.807, 2.05) is 25.1 Å². The zero-order valence-electron chi connectivity index (χ0n) is 18.4. The van der Waals surface area contributed by atoms with Crippen molar-refractivity contribution < 1.29 is 22.7 Å². The lowest BCUT2D eigenvalue weighted by atomic mass is 9.87. The van der Waals surface area contributed by atoms with Crippen LogP contribution in [0, 0.1) is 0 Å².